The summed E-state index contributed by atoms with van der Waals surface area (Å²) >= 11 is 0. The third-order valence-corrected chi connectivity index (χ3v) is 3.46. The Morgan fingerprint density at radius 2 is 1.54 bits per heavy atom. The second kappa shape index (κ2) is 5.71. The molecule has 1 rings (SSSR count). The molecule has 3 unspecified atom stereocenters. The van der Waals surface area contributed by atoms with E-state index in [0.717, 1.165) is 0 Å². The van der Waals surface area contributed by atoms with Gasteiger partial charge in [-0.15, -0.1) is 0 Å². The van der Waals surface area contributed by atoms with Crippen molar-refractivity contribution in [2.24, 2.45) is 0 Å². The quantitative estimate of drug-likeness (QED) is 0.433. The first-order valence-electron chi connectivity index (χ1n) is 6.35. The molecule has 1 heterocycles. The number of halogens is 10. The Labute approximate surface area is 138 Å². The fraction of sp³-hybridized carbons (Fsp3) is 0.750. The number of esters is 1. The van der Waals surface area contributed by atoms with Crippen LogP contribution in [0.4, 0.5) is 43.9 Å². The molecule has 0 spiro atoms. The molecule has 1 N–H and O–H groups in total. The van der Waals surface area contributed by atoms with Crippen molar-refractivity contribution in [3.8, 4) is 0 Å². The average molecular weight is 408 g/mol. The standard InChI is InChI=1S/C12H10F10O4/c1-4(2)5(23)25-10(12(20,21)22)8(13,14)6(9(15,16)17)26-7(3,24)11(10,18)19/h6,24H,1H2,2-3H3. The Bertz CT molecular complexity index is 606. The molecular weight excluding hydrogens is 398 g/mol. The van der Waals surface area contributed by atoms with Crippen LogP contribution in [0.1, 0.15) is 13.8 Å². The molecule has 4 nitrogen and oxygen atoms in total. The molecule has 1 saturated heterocycles. The summed E-state index contributed by atoms with van der Waals surface area (Å²) in [4.78, 5) is 11.3. The lowest BCUT2D eigenvalue weighted by molar-refractivity contribution is -0.517. The van der Waals surface area contributed by atoms with Crippen LogP contribution in [-0.4, -0.2) is 52.8 Å². The number of alkyl halides is 10. The summed E-state index contributed by atoms with van der Waals surface area (Å²) in [6.07, 6.45) is -18.2. The third kappa shape index (κ3) is 2.82. The van der Waals surface area contributed by atoms with Gasteiger partial charge in [0.05, 0.1) is 0 Å². The highest BCUT2D eigenvalue weighted by Gasteiger charge is 2.95. The summed E-state index contributed by atoms with van der Waals surface area (Å²) in [6.45, 7) is 2.85. The summed E-state index contributed by atoms with van der Waals surface area (Å²) in [6, 6.07) is 0. The van der Waals surface area contributed by atoms with E-state index in [9.17, 15) is 53.8 Å². The zero-order chi connectivity index (χ0) is 21.1. The van der Waals surface area contributed by atoms with E-state index < -0.39 is 60.2 Å². The minimum atomic E-state index is -6.97. The number of rotatable bonds is 2. The zero-order valence-corrected chi connectivity index (χ0v) is 12.7. The van der Waals surface area contributed by atoms with Crippen LogP contribution in [0.5, 0.6) is 0 Å². The number of hydrogen-bond acceptors (Lipinski definition) is 4. The SMILES string of the molecule is C=C(C)C(=O)OC1(C(F)(F)F)C(F)(F)C(C(F)(F)F)OC(C)(O)C1(F)F. The van der Waals surface area contributed by atoms with E-state index in [0.29, 0.717) is 6.92 Å². The van der Waals surface area contributed by atoms with Crippen molar-refractivity contribution in [3.63, 3.8) is 0 Å². The van der Waals surface area contributed by atoms with Gasteiger partial charge >= 0.3 is 35.8 Å². The van der Waals surface area contributed by atoms with E-state index in [1.807, 2.05) is 0 Å². The number of carbonyl (C=O) groups excluding carboxylic acids is 1. The van der Waals surface area contributed by atoms with Crippen LogP contribution in [0.3, 0.4) is 0 Å². The van der Waals surface area contributed by atoms with Gasteiger partial charge in [-0.3, -0.25) is 0 Å². The highest BCUT2D eigenvalue weighted by atomic mass is 19.4. The van der Waals surface area contributed by atoms with Crippen LogP contribution >= 0.6 is 0 Å². The summed E-state index contributed by atoms with van der Waals surface area (Å²) in [5.74, 6) is -20.1. The van der Waals surface area contributed by atoms with Gasteiger partial charge in [-0.2, -0.15) is 43.9 Å². The van der Waals surface area contributed by atoms with Crippen LogP contribution in [-0.2, 0) is 14.3 Å². The van der Waals surface area contributed by atoms with Crippen LogP contribution in [0.2, 0.25) is 0 Å². The number of carbonyl (C=O) groups is 1. The third-order valence-electron chi connectivity index (χ3n) is 3.46. The molecule has 1 aliphatic heterocycles. The van der Waals surface area contributed by atoms with Crippen molar-refractivity contribution in [3.05, 3.63) is 12.2 Å². The van der Waals surface area contributed by atoms with Crippen LogP contribution < -0.4 is 0 Å². The fourth-order valence-electron chi connectivity index (χ4n) is 2.15. The van der Waals surface area contributed by atoms with Gasteiger partial charge < -0.3 is 14.6 Å². The highest BCUT2D eigenvalue weighted by molar-refractivity contribution is 5.87. The topological polar surface area (TPSA) is 55.8 Å². The van der Waals surface area contributed by atoms with Crippen LogP contribution in [0.15, 0.2) is 12.2 Å². The Balaban J connectivity index is 3.94. The normalized spacial score (nSPS) is 34.3. The predicted molar refractivity (Wildman–Crippen MR) is 61.1 cm³/mol. The largest absolute Gasteiger partial charge is 0.441 e. The molecular formula is C12H10F10O4. The van der Waals surface area contributed by atoms with E-state index in [1.165, 1.54) is 0 Å². The minimum absolute atomic E-state index is 0.407. The van der Waals surface area contributed by atoms with Crippen LogP contribution in [0, 0.1) is 0 Å². The lowest BCUT2D eigenvalue weighted by Crippen LogP contribution is -2.84. The molecule has 0 aromatic rings. The Morgan fingerprint density at radius 3 is 1.85 bits per heavy atom. The van der Waals surface area contributed by atoms with Crippen molar-refractivity contribution >= 4 is 5.97 Å². The molecule has 0 aliphatic carbocycles. The molecule has 0 bridgehead atoms. The molecule has 3 atom stereocenters. The fourth-order valence-corrected chi connectivity index (χ4v) is 2.15. The van der Waals surface area contributed by atoms with Gasteiger partial charge in [0.15, 0.2) is 0 Å². The monoisotopic (exact) mass is 408 g/mol. The Hall–Kier alpha value is -1.57. The minimum Gasteiger partial charge on any atom is -0.433 e. The van der Waals surface area contributed by atoms with E-state index in [4.69, 9.17) is 0 Å². The first-order chi connectivity index (χ1) is 11.2. The molecule has 0 radical (unpaired) electrons. The molecule has 1 aliphatic rings. The number of hydrogen-bond donors (Lipinski definition) is 1. The summed E-state index contributed by atoms with van der Waals surface area (Å²) in [5, 5.41) is 9.30. The lowest BCUT2D eigenvalue weighted by Gasteiger charge is -2.55. The van der Waals surface area contributed by atoms with Gasteiger partial charge in [0.1, 0.15) is 0 Å². The highest BCUT2D eigenvalue weighted by Crippen LogP contribution is 2.63. The second-order valence-corrected chi connectivity index (χ2v) is 5.57. The van der Waals surface area contributed by atoms with Crippen molar-refractivity contribution < 1.29 is 63.3 Å². The van der Waals surface area contributed by atoms with E-state index in [1.54, 1.807) is 0 Å². The smallest absolute Gasteiger partial charge is 0.433 e. The maximum Gasteiger partial charge on any atom is 0.441 e. The number of aliphatic hydroxyl groups is 1. The van der Waals surface area contributed by atoms with Gasteiger partial charge in [-0.25, -0.2) is 4.79 Å². The van der Waals surface area contributed by atoms with Crippen molar-refractivity contribution in [1.29, 1.82) is 0 Å². The number of ether oxygens (including phenoxy) is 2. The first-order valence-corrected chi connectivity index (χ1v) is 6.35. The maximum atomic E-state index is 14.2. The molecule has 152 valence electrons. The first kappa shape index (κ1) is 22.5. The predicted octanol–water partition coefficient (Wildman–Crippen LogP) is 3.35. The molecule has 14 heteroatoms. The second-order valence-electron chi connectivity index (χ2n) is 5.57. The Kier molecular flexibility index (Phi) is 4.94. The van der Waals surface area contributed by atoms with Gasteiger partial charge in [-0.1, -0.05) is 6.58 Å². The van der Waals surface area contributed by atoms with Gasteiger partial charge in [-0.05, 0) is 13.8 Å². The molecule has 0 amide bonds. The Morgan fingerprint density at radius 1 is 1.12 bits per heavy atom. The molecule has 26 heavy (non-hydrogen) atoms. The average Bonchev–Trinajstić information content (AvgIpc) is 2.36. The maximum absolute atomic E-state index is 14.2. The molecule has 0 aromatic carbocycles. The molecule has 1 fully saturated rings. The lowest BCUT2D eigenvalue weighted by atomic mass is 9.77. The summed E-state index contributed by atoms with van der Waals surface area (Å²) in [5.41, 5.74) is -7.50. The van der Waals surface area contributed by atoms with Gasteiger partial charge in [0.2, 0.25) is 11.9 Å². The van der Waals surface area contributed by atoms with Gasteiger partial charge in [0, 0.05) is 5.57 Å². The van der Waals surface area contributed by atoms with E-state index in [-0.39, 0.29) is 0 Å². The molecule has 0 aromatic heterocycles. The summed E-state index contributed by atoms with van der Waals surface area (Å²) in [7, 11) is 0. The zero-order valence-electron chi connectivity index (χ0n) is 12.7. The summed E-state index contributed by atoms with van der Waals surface area (Å²) < 4.78 is 141. The van der Waals surface area contributed by atoms with Gasteiger partial charge in [0.25, 0.3) is 0 Å². The van der Waals surface area contributed by atoms with E-state index >= 15 is 0 Å². The van der Waals surface area contributed by atoms with Crippen molar-refractivity contribution in [2.45, 2.75) is 55.5 Å². The molecule has 0 saturated carbocycles. The van der Waals surface area contributed by atoms with Crippen molar-refractivity contribution in [2.75, 3.05) is 0 Å². The van der Waals surface area contributed by atoms with Crippen LogP contribution in [0.25, 0.3) is 0 Å². The van der Waals surface area contributed by atoms with Crippen molar-refractivity contribution in [1.82, 2.24) is 0 Å². The van der Waals surface area contributed by atoms with E-state index in [2.05, 4.69) is 16.1 Å².